The van der Waals surface area contributed by atoms with Crippen molar-refractivity contribution < 1.29 is 33.3 Å². The van der Waals surface area contributed by atoms with Crippen LogP contribution in [0.5, 0.6) is 0 Å². The second-order valence-corrected chi connectivity index (χ2v) is 9.79. The summed E-state index contributed by atoms with van der Waals surface area (Å²) in [6.07, 6.45) is 2.92. The third-order valence-corrected chi connectivity index (χ3v) is 7.42. The van der Waals surface area contributed by atoms with E-state index >= 15 is 0 Å². The van der Waals surface area contributed by atoms with E-state index in [1.807, 2.05) is 4.90 Å². The fourth-order valence-corrected chi connectivity index (χ4v) is 4.91. The number of piperidine rings is 2. The van der Waals surface area contributed by atoms with Crippen LogP contribution in [0.4, 0.5) is 13.2 Å². The Labute approximate surface area is 208 Å². The Morgan fingerprint density at radius 1 is 0.917 bits per heavy atom. The third-order valence-electron chi connectivity index (χ3n) is 7.42. The zero-order chi connectivity index (χ0) is 25.9. The van der Waals surface area contributed by atoms with E-state index in [4.69, 9.17) is 0 Å². The number of aliphatic hydroxyl groups is 3. The molecular weight excluding hydrogens is 473 g/mol. The van der Waals surface area contributed by atoms with E-state index in [1.54, 1.807) is 17.0 Å². The first-order valence-electron chi connectivity index (χ1n) is 12.1. The molecule has 2 aromatic carbocycles. The lowest BCUT2D eigenvalue weighted by Crippen LogP contribution is -2.56. The molecule has 2 aliphatic rings. The molecule has 2 saturated heterocycles. The highest BCUT2D eigenvalue weighted by atomic mass is 19.2. The summed E-state index contributed by atoms with van der Waals surface area (Å²) in [7, 11) is 0. The van der Waals surface area contributed by atoms with Crippen LogP contribution >= 0.6 is 0 Å². The van der Waals surface area contributed by atoms with Gasteiger partial charge in [0.2, 0.25) is 5.91 Å². The summed E-state index contributed by atoms with van der Waals surface area (Å²) >= 11 is 0. The summed E-state index contributed by atoms with van der Waals surface area (Å²) in [4.78, 5) is 16.0. The number of nitrogens with zero attached hydrogens (tertiary/aromatic N) is 2. The molecule has 1 unspecified atom stereocenters. The normalized spacial score (nSPS) is 21.0. The van der Waals surface area contributed by atoms with E-state index in [0.29, 0.717) is 37.1 Å². The van der Waals surface area contributed by atoms with Crippen LogP contribution < -0.4 is 0 Å². The van der Waals surface area contributed by atoms with E-state index < -0.39 is 28.9 Å². The van der Waals surface area contributed by atoms with Crippen molar-refractivity contribution in [3.63, 3.8) is 0 Å². The van der Waals surface area contributed by atoms with Crippen molar-refractivity contribution in [1.82, 2.24) is 9.80 Å². The van der Waals surface area contributed by atoms with Crippen LogP contribution in [0, 0.1) is 17.5 Å². The molecule has 194 valence electrons. The van der Waals surface area contributed by atoms with E-state index in [9.17, 15) is 33.3 Å². The molecule has 0 radical (unpaired) electrons. The van der Waals surface area contributed by atoms with Crippen LogP contribution in [0.15, 0.2) is 48.5 Å². The van der Waals surface area contributed by atoms with Gasteiger partial charge in [-0.1, -0.05) is 18.2 Å². The van der Waals surface area contributed by atoms with E-state index in [-0.39, 0.29) is 44.2 Å². The molecule has 0 bridgehead atoms. The van der Waals surface area contributed by atoms with Crippen molar-refractivity contribution in [1.29, 1.82) is 0 Å². The number of amides is 1. The first-order valence-corrected chi connectivity index (χ1v) is 12.1. The Kier molecular flexibility index (Phi) is 7.85. The molecule has 6 nitrogen and oxygen atoms in total. The number of rotatable bonds is 6. The van der Waals surface area contributed by atoms with Crippen LogP contribution in [0.25, 0.3) is 6.08 Å². The summed E-state index contributed by atoms with van der Waals surface area (Å²) in [5.41, 5.74) is -1.37. The number of β-amino-alcohol motifs (C(OH)–C–C–N with tert-alkyl or cyclic N) is 1. The van der Waals surface area contributed by atoms with Crippen LogP contribution in [0.3, 0.4) is 0 Å². The Morgan fingerprint density at radius 2 is 1.56 bits per heavy atom. The standard InChI is InChI=1S/C27H31F3N2O4/c28-21-5-3-20(4-6-21)26(35)9-13-31(14-10-26)18-24(33)27(36)11-15-32(16-12-27)25(34)8-2-19-1-7-22(29)23(30)17-19/h1-8,17,24,33,35-36H,9-16,18H2. The monoisotopic (exact) mass is 504 g/mol. The van der Waals surface area contributed by atoms with Crippen LogP contribution in [-0.4, -0.2) is 75.5 Å². The van der Waals surface area contributed by atoms with Gasteiger partial charge in [0.15, 0.2) is 11.6 Å². The first kappa shape index (κ1) is 26.3. The summed E-state index contributed by atoms with van der Waals surface area (Å²) in [6, 6.07) is 9.20. The summed E-state index contributed by atoms with van der Waals surface area (Å²) in [5.74, 6) is -2.62. The third kappa shape index (κ3) is 5.98. The molecular formula is C27H31F3N2O4. The quantitative estimate of drug-likeness (QED) is 0.527. The van der Waals surface area contributed by atoms with Gasteiger partial charge in [0, 0.05) is 38.8 Å². The average Bonchev–Trinajstić information content (AvgIpc) is 2.87. The van der Waals surface area contributed by atoms with Crippen LogP contribution in [0.2, 0.25) is 0 Å². The number of hydrogen-bond acceptors (Lipinski definition) is 5. The van der Waals surface area contributed by atoms with Gasteiger partial charge in [-0.05, 0) is 67.2 Å². The fourth-order valence-electron chi connectivity index (χ4n) is 4.91. The molecule has 1 atom stereocenters. The average molecular weight is 505 g/mol. The Morgan fingerprint density at radius 3 is 2.17 bits per heavy atom. The molecule has 2 aromatic rings. The molecule has 36 heavy (non-hydrogen) atoms. The lowest BCUT2D eigenvalue weighted by atomic mass is 9.83. The molecule has 4 rings (SSSR count). The lowest BCUT2D eigenvalue weighted by molar-refractivity contribution is -0.141. The van der Waals surface area contributed by atoms with Crippen molar-refractivity contribution in [2.24, 2.45) is 0 Å². The van der Waals surface area contributed by atoms with Crippen molar-refractivity contribution in [2.45, 2.75) is 43.0 Å². The second-order valence-electron chi connectivity index (χ2n) is 9.79. The molecule has 0 spiro atoms. The van der Waals surface area contributed by atoms with Crippen molar-refractivity contribution in [3.05, 3.63) is 77.1 Å². The number of carbonyl (C=O) groups is 1. The highest BCUT2D eigenvalue weighted by Gasteiger charge is 2.42. The topological polar surface area (TPSA) is 84.2 Å². The predicted octanol–water partition coefficient (Wildman–Crippen LogP) is 2.82. The largest absolute Gasteiger partial charge is 0.389 e. The molecule has 3 N–H and O–H groups in total. The van der Waals surface area contributed by atoms with Gasteiger partial charge in [0.25, 0.3) is 0 Å². The van der Waals surface area contributed by atoms with Gasteiger partial charge in [-0.25, -0.2) is 13.2 Å². The maximum absolute atomic E-state index is 13.3. The maximum Gasteiger partial charge on any atom is 0.246 e. The second kappa shape index (κ2) is 10.7. The van der Waals surface area contributed by atoms with E-state index in [1.165, 1.54) is 30.4 Å². The Balaban J connectivity index is 1.26. The summed E-state index contributed by atoms with van der Waals surface area (Å²) in [6.45, 7) is 1.76. The highest BCUT2D eigenvalue weighted by Crippen LogP contribution is 2.34. The van der Waals surface area contributed by atoms with Crippen LogP contribution in [-0.2, 0) is 10.4 Å². The van der Waals surface area contributed by atoms with Crippen molar-refractivity contribution in [3.8, 4) is 0 Å². The van der Waals surface area contributed by atoms with Gasteiger partial charge in [-0.2, -0.15) is 0 Å². The number of hydrogen-bond donors (Lipinski definition) is 3. The van der Waals surface area contributed by atoms with Gasteiger partial charge < -0.3 is 25.1 Å². The van der Waals surface area contributed by atoms with Crippen molar-refractivity contribution >= 4 is 12.0 Å². The number of benzene rings is 2. The minimum absolute atomic E-state index is 0.201. The molecule has 2 aliphatic heterocycles. The lowest BCUT2D eigenvalue weighted by Gasteiger charge is -2.44. The fraction of sp³-hybridized carbons (Fsp3) is 0.444. The van der Waals surface area contributed by atoms with E-state index in [2.05, 4.69) is 0 Å². The SMILES string of the molecule is O=C(C=Cc1ccc(F)c(F)c1)N1CCC(O)(C(O)CN2CCC(O)(c3ccc(F)cc3)CC2)CC1. The smallest absolute Gasteiger partial charge is 0.246 e. The highest BCUT2D eigenvalue weighted by molar-refractivity contribution is 5.91. The molecule has 9 heteroatoms. The number of aliphatic hydroxyl groups excluding tert-OH is 1. The zero-order valence-electron chi connectivity index (χ0n) is 19.9. The van der Waals surface area contributed by atoms with E-state index in [0.717, 1.165) is 12.1 Å². The molecule has 2 fully saturated rings. The molecule has 2 heterocycles. The van der Waals surface area contributed by atoms with Crippen molar-refractivity contribution in [2.75, 3.05) is 32.7 Å². The molecule has 0 aliphatic carbocycles. The first-order chi connectivity index (χ1) is 17.1. The minimum Gasteiger partial charge on any atom is -0.389 e. The maximum atomic E-state index is 13.3. The zero-order valence-corrected chi connectivity index (χ0v) is 19.9. The number of halogens is 3. The Bertz CT molecular complexity index is 1090. The van der Waals surface area contributed by atoms with Gasteiger partial charge in [0.1, 0.15) is 5.82 Å². The van der Waals surface area contributed by atoms with Gasteiger partial charge in [-0.15, -0.1) is 0 Å². The number of likely N-dealkylation sites (tertiary alicyclic amines) is 2. The predicted molar refractivity (Wildman–Crippen MR) is 128 cm³/mol. The molecule has 0 aromatic heterocycles. The minimum atomic E-state index is -1.34. The van der Waals surface area contributed by atoms with Gasteiger partial charge in [0.05, 0.1) is 17.3 Å². The summed E-state index contributed by atoms with van der Waals surface area (Å²) in [5, 5.41) is 32.8. The molecule has 1 amide bonds. The van der Waals surface area contributed by atoms with Gasteiger partial charge in [-0.3, -0.25) is 4.79 Å². The van der Waals surface area contributed by atoms with Crippen LogP contribution in [0.1, 0.15) is 36.8 Å². The van der Waals surface area contributed by atoms with Gasteiger partial charge >= 0.3 is 0 Å². The Hall–Kier alpha value is -2.72. The number of carbonyl (C=O) groups excluding carboxylic acids is 1. The molecule has 0 saturated carbocycles. The summed E-state index contributed by atoms with van der Waals surface area (Å²) < 4.78 is 39.6.